The van der Waals surface area contributed by atoms with E-state index in [0.29, 0.717) is 6.54 Å². The highest BCUT2D eigenvalue weighted by Crippen LogP contribution is 2.37. The third-order valence-electron chi connectivity index (χ3n) is 4.35. The van der Waals surface area contributed by atoms with Crippen LogP contribution in [0.1, 0.15) is 18.4 Å². The van der Waals surface area contributed by atoms with Gasteiger partial charge in [-0.05, 0) is 24.3 Å². The molecule has 2 aliphatic rings. The Hall–Kier alpha value is -2.63. The first-order chi connectivity index (χ1) is 13.5. The summed E-state index contributed by atoms with van der Waals surface area (Å²) >= 11 is 0. The Balaban J connectivity index is 1.65. The molecule has 12 heteroatoms. The minimum atomic E-state index is -5.08. The largest absolute Gasteiger partial charge is 0.492 e. The Kier molecular flexibility index (Phi) is 5.82. The molecule has 0 radical (unpaired) electrons. The van der Waals surface area contributed by atoms with Crippen molar-refractivity contribution in [2.24, 2.45) is 0 Å². The van der Waals surface area contributed by atoms with Gasteiger partial charge < -0.3 is 15.0 Å². The summed E-state index contributed by atoms with van der Waals surface area (Å²) in [7, 11) is 0. The summed E-state index contributed by atoms with van der Waals surface area (Å²) in [4.78, 5) is 15.2. The second-order valence-corrected chi connectivity index (χ2v) is 6.45. The molecular weight excluding hydrogens is 408 g/mol. The first-order valence-corrected chi connectivity index (χ1v) is 8.65. The summed E-state index contributed by atoms with van der Waals surface area (Å²) in [5.74, 6) is -2.09. The van der Waals surface area contributed by atoms with Gasteiger partial charge in [0.25, 0.3) is 0 Å². The summed E-state index contributed by atoms with van der Waals surface area (Å²) in [5.41, 5.74) is 2.16. The standard InChI is InChI=1S/C17H17F6N3O3/c18-16(19,20)11-2-3-14(13(10-11)26-7-1-6-24-26)28-12-4-8-25(9-5-12)29-15(27)17(21,22)23/h1-3,6,10,12,24H,4-5,7-9H2. The Labute approximate surface area is 161 Å². The molecule has 0 unspecified atom stereocenters. The molecule has 1 fully saturated rings. The highest BCUT2D eigenvalue weighted by molar-refractivity contribution is 5.75. The average molecular weight is 425 g/mol. The Morgan fingerprint density at radius 2 is 1.79 bits per heavy atom. The minimum absolute atomic E-state index is 0.00593. The zero-order valence-corrected chi connectivity index (χ0v) is 14.9. The molecule has 0 amide bonds. The van der Waals surface area contributed by atoms with Crippen molar-refractivity contribution in [3.05, 3.63) is 36.0 Å². The first-order valence-electron chi connectivity index (χ1n) is 8.65. The number of hydrazine groups is 1. The van der Waals surface area contributed by atoms with Crippen LogP contribution in [0.15, 0.2) is 30.5 Å². The number of anilines is 1. The molecule has 0 aromatic heterocycles. The second-order valence-electron chi connectivity index (χ2n) is 6.45. The smallest absolute Gasteiger partial charge is 0.488 e. The lowest BCUT2D eigenvalue weighted by Gasteiger charge is -2.32. The molecule has 1 N–H and O–H groups in total. The van der Waals surface area contributed by atoms with E-state index >= 15 is 0 Å². The van der Waals surface area contributed by atoms with Crippen LogP contribution in [-0.4, -0.2) is 42.9 Å². The Morgan fingerprint density at radius 3 is 2.34 bits per heavy atom. The van der Waals surface area contributed by atoms with Gasteiger partial charge in [-0.15, -0.1) is 5.06 Å². The topological polar surface area (TPSA) is 54.0 Å². The number of nitrogens with zero attached hydrogens (tertiary/aromatic N) is 2. The molecule has 3 rings (SSSR count). The van der Waals surface area contributed by atoms with E-state index in [0.717, 1.165) is 17.2 Å². The van der Waals surface area contributed by atoms with Crippen LogP contribution in [-0.2, 0) is 15.8 Å². The van der Waals surface area contributed by atoms with Crippen molar-refractivity contribution in [1.29, 1.82) is 0 Å². The van der Waals surface area contributed by atoms with Gasteiger partial charge in [0.05, 0.1) is 12.1 Å². The van der Waals surface area contributed by atoms with Crippen molar-refractivity contribution in [1.82, 2.24) is 10.5 Å². The number of nitrogens with one attached hydrogen (secondary N) is 1. The lowest BCUT2D eigenvalue weighted by atomic mass is 10.1. The van der Waals surface area contributed by atoms with Crippen molar-refractivity contribution >= 4 is 11.7 Å². The molecule has 6 nitrogen and oxygen atoms in total. The zero-order chi connectivity index (χ0) is 21.2. The van der Waals surface area contributed by atoms with Crippen molar-refractivity contribution in [2.45, 2.75) is 31.3 Å². The summed E-state index contributed by atoms with van der Waals surface area (Å²) in [6.45, 7) is 0.349. The molecule has 0 aliphatic carbocycles. The number of carbonyl (C=O) groups excluding carboxylic acids is 1. The predicted molar refractivity (Wildman–Crippen MR) is 88.4 cm³/mol. The van der Waals surface area contributed by atoms with Gasteiger partial charge in [-0.1, -0.05) is 0 Å². The molecule has 1 aromatic carbocycles. The maximum absolute atomic E-state index is 13.1. The SMILES string of the molecule is O=C(ON1CCC(Oc2ccc(C(F)(F)F)cc2N2CC=CN2)CC1)C(F)(F)F. The molecule has 0 bridgehead atoms. The minimum Gasteiger partial charge on any atom is -0.488 e. The van der Waals surface area contributed by atoms with Gasteiger partial charge in [0.15, 0.2) is 0 Å². The van der Waals surface area contributed by atoms with Crippen LogP contribution in [0.3, 0.4) is 0 Å². The normalized spacial score (nSPS) is 18.6. The van der Waals surface area contributed by atoms with E-state index in [2.05, 4.69) is 10.3 Å². The van der Waals surface area contributed by atoms with Crippen LogP contribution in [0.5, 0.6) is 5.75 Å². The fourth-order valence-corrected chi connectivity index (χ4v) is 2.92. The third kappa shape index (κ3) is 5.25. The van der Waals surface area contributed by atoms with Crippen LogP contribution in [0.25, 0.3) is 0 Å². The highest BCUT2D eigenvalue weighted by atomic mass is 19.4. The number of alkyl halides is 6. The van der Waals surface area contributed by atoms with Crippen molar-refractivity contribution in [3.8, 4) is 5.75 Å². The summed E-state index contributed by atoms with van der Waals surface area (Å²) < 4.78 is 81.7. The maximum atomic E-state index is 13.1. The van der Waals surface area contributed by atoms with Crippen molar-refractivity contribution < 1.29 is 40.7 Å². The summed E-state index contributed by atoms with van der Waals surface area (Å²) in [6.07, 6.45) is -6.29. The average Bonchev–Trinajstić information content (AvgIpc) is 3.16. The second kappa shape index (κ2) is 8.01. The van der Waals surface area contributed by atoms with Crippen LogP contribution < -0.4 is 15.2 Å². The lowest BCUT2D eigenvalue weighted by molar-refractivity contribution is -0.243. The summed E-state index contributed by atoms with van der Waals surface area (Å²) in [5, 5.41) is 2.38. The Bertz CT molecular complexity index is 765. The number of halogens is 6. The van der Waals surface area contributed by atoms with Gasteiger partial charge in [-0.25, -0.2) is 4.79 Å². The van der Waals surface area contributed by atoms with E-state index < -0.39 is 30.0 Å². The molecule has 1 saturated heterocycles. The van der Waals surface area contributed by atoms with E-state index in [1.54, 1.807) is 12.3 Å². The fraction of sp³-hybridized carbons (Fsp3) is 0.471. The van der Waals surface area contributed by atoms with Crippen LogP contribution in [0.4, 0.5) is 32.0 Å². The molecule has 2 aliphatic heterocycles. The number of hydroxylamine groups is 2. The van der Waals surface area contributed by atoms with Gasteiger partial charge >= 0.3 is 18.3 Å². The predicted octanol–water partition coefficient (Wildman–Crippen LogP) is 3.41. The van der Waals surface area contributed by atoms with Crippen LogP contribution in [0, 0.1) is 0 Å². The summed E-state index contributed by atoms with van der Waals surface area (Å²) in [6, 6.07) is 3.09. The molecule has 1 aromatic rings. The number of piperidine rings is 1. The quantitative estimate of drug-likeness (QED) is 0.747. The fourth-order valence-electron chi connectivity index (χ4n) is 2.92. The molecule has 29 heavy (non-hydrogen) atoms. The first kappa shape index (κ1) is 21.1. The van der Waals surface area contributed by atoms with Crippen molar-refractivity contribution in [3.63, 3.8) is 0 Å². The molecule has 0 atom stereocenters. The Morgan fingerprint density at radius 1 is 1.10 bits per heavy atom. The van der Waals surface area contributed by atoms with Gasteiger partial charge in [-0.3, -0.25) is 5.01 Å². The van der Waals surface area contributed by atoms with Gasteiger partial charge in [0.2, 0.25) is 0 Å². The monoisotopic (exact) mass is 425 g/mol. The molecular formula is C17H17F6N3O3. The number of benzene rings is 1. The van der Waals surface area contributed by atoms with Gasteiger partial charge in [0, 0.05) is 32.1 Å². The van der Waals surface area contributed by atoms with Gasteiger partial charge in [0.1, 0.15) is 17.5 Å². The number of rotatable bonds is 4. The van der Waals surface area contributed by atoms with E-state index in [4.69, 9.17) is 4.74 Å². The number of carbonyl (C=O) groups is 1. The number of hydrogen-bond acceptors (Lipinski definition) is 6. The number of hydrogen-bond donors (Lipinski definition) is 1. The van der Waals surface area contributed by atoms with Crippen LogP contribution >= 0.6 is 0 Å². The number of ether oxygens (including phenoxy) is 1. The third-order valence-corrected chi connectivity index (χ3v) is 4.35. The van der Waals surface area contributed by atoms with Crippen molar-refractivity contribution in [2.75, 3.05) is 24.6 Å². The highest BCUT2D eigenvalue weighted by Gasteiger charge is 2.43. The molecule has 2 heterocycles. The lowest BCUT2D eigenvalue weighted by Crippen LogP contribution is -2.42. The maximum Gasteiger partial charge on any atom is 0.492 e. The molecule has 160 valence electrons. The van der Waals surface area contributed by atoms with Gasteiger partial charge in [-0.2, -0.15) is 26.3 Å². The zero-order valence-electron chi connectivity index (χ0n) is 14.9. The van der Waals surface area contributed by atoms with E-state index in [1.165, 1.54) is 11.1 Å². The van der Waals surface area contributed by atoms with E-state index in [1.807, 2.05) is 0 Å². The van der Waals surface area contributed by atoms with E-state index in [-0.39, 0.29) is 37.4 Å². The molecule has 0 spiro atoms. The molecule has 0 saturated carbocycles. The van der Waals surface area contributed by atoms with Crippen LogP contribution in [0.2, 0.25) is 0 Å². The van der Waals surface area contributed by atoms with E-state index in [9.17, 15) is 31.1 Å².